The third-order valence-electron chi connectivity index (χ3n) is 8.47. The predicted octanol–water partition coefficient (Wildman–Crippen LogP) is 12.2. The fraction of sp³-hybridized carbons (Fsp3) is 0. The van der Waals surface area contributed by atoms with Gasteiger partial charge in [0.1, 0.15) is 0 Å². The highest BCUT2D eigenvalue weighted by Crippen LogP contribution is 2.40. The van der Waals surface area contributed by atoms with Gasteiger partial charge in [-0.05, 0) is 80.9 Å². The van der Waals surface area contributed by atoms with Gasteiger partial charge < -0.3 is 4.57 Å². The van der Waals surface area contributed by atoms with E-state index >= 15 is 0 Å². The van der Waals surface area contributed by atoms with Crippen molar-refractivity contribution in [1.82, 2.24) is 4.57 Å². The van der Waals surface area contributed by atoms with E-state index in [0.29, 0.717) is 0 Å². The second kappa shape index (κ2) is 11.1. The molecule has 8 rings (SSSR count). The first-order valence-electron chi connectivity index (χ1n) is 14.9. The van der Waals surface area contributed by atoms with E-state index < -0.39 is 0 Å². The zero-order valence-corrected chi connectivity index (χ0v) is 25.6. The quantitative estimate of drug-likeness (QED) is 0.179. The largest absolute Gasteiger partial charge is 0.309 e. The van der Waals surface area contributed by atoms with Gasteiger partial charge in [-0.25, -0.2) is 0 Å². The van der Waals surface area contributed by atoms with Gasteiger partial charge in [-0.3, -0.25) is 0 Å². The molecule has 1 heterocycles. The molecule has 7 aromatic carbocycles. The Morgan fingerprint density at radius 1 is 0.341 bits per heavy atom. The molecule has 0 fully saturated rings. The van der Waals surface area contributed by atoms with E-state index in [1.165, 1.54) is 66.3 Å². The molecule has 1 nitrogen and oxygen atoms in total. The minimum Gasteiger partial charge on any atom is -0.309 e. The molecule has 0 atom stereocenters. The van der Waals surface area contributed by atoms with Crippen LogP contribution < -0.4 is 0 Å². The van der Waals surface area contributed by atoms with Crippen molar-refractivity contribution in [2.24, 2.45) is 0 Å². The van der Waals surface area contributed by atoms with Crippen LogP contribution >= 0.6 is 15.9 Å². The molecule has 0 radical (unpaired) electrons. The van der Waals surface area contributed by atoms with E-state index in [2.05, 4.69) is 190 Å². The van der Waals surface area contributed by atoms with Crippen LogP contribution in [0.2, 0.25) is 0 Å². The van der Waals surface area contributed by atoms with Crippen molar-refractivity contribution in [2.75, 3.05) is 0 Å². The molecule has 0 saturated heterocycles. The van der Waals surface area contributed by atoms with Crippen LogP contribution in [-0.4, -0.2) is 4.57 Å². The summed E-state index contributed by atoms with van der Waals surface area (Å²) in [6.45, 7) is 0. The summed E-state index contributed by atoms with van der Waals surface area (Å²) >= 11 is 3.79. The number of rotatable bonds is 5. The monoisotopic (exact) mass is 625 g/mol. The van der Waals surface area contributed by atoms with Crippen LogP contribution in [0.4, 0.5) is 0 Å². The minimum absolute atomic E-state index is 1.09. The average molecular weight is 627 g/mol. The van der Waals surface area contributed by atoms with Crippen molar-refractivity contribution in [3.8, 4) is 50.2 Å². The van der Waals surface area contributed by atoms with Gasteiger partial charge >= 0.3 is 0 Å². The zero-order chi connectivity index (χ0) is 29.5. The van der Waals surface area contributed by atoms with Gasteiger partial charge in [-0.15, -0.1) is 0 Å². The molecule has 0 bridgehead atoms. The Balaban J connectivity index is 1.40. The van der Waals surface area contributed by atoms with E-state index in [0.717, 1.165) is 10.2 Å². The van der Waals surface area contributed by atoms with Gasteiger partial charge in [0.05, 0.1) is 11.0 Å². The highest BCUT2D eigenvalue weighted by atomic mass is 79.9. The summed E-state index contributed by atoms with van der Waals surface area (Å²) in [5.41, 5.74) is 13.1. The summed E-state index contributed by atoms with van der Waals surface area (Å²) in [6, 6.07) is 61.1. The number of hydrogen-bond acceptors (Lipinski definition) is 0. The van der Waals surface area contributed by atoms with Crippen molar-refractivity contribution < 1.29 is 0 Å². The van der Waals surface area contributed by atoms with Crippen LogP contribution in [-0.2, 0) is 0 Å². The number of fused-ring (bicyclic) bond motifs is 3. The second-order valence-electron chi connectivity index (χ2n) is 11.1. The zero-order valence-electron chi connectivity index (χ0n) is 24.0. The van der Waals surface area contributed by atoms with E-state index in [9.17, 15) is 0 Å². The lowest BCUT2D eigenvalue weighted by molar-refractivity contribution is 1.18. The summed E-state index contributed by atoms with van der Waals surface area (Å²) in [5, 5.41) is 2.49. The Bertz CT molecular complexity index is 2220. The number of aromatic nitrogens is 1. The smallest absolute Gasteiger partial charge is 0.0547 e. The van der Waals surface area contributed by atoms with Crippen molar-refractivity contribution in [3.63, 3.8) is 0 Å². The molecule has 44 heavy (non-hydrogen) atoms. The Labute approximate surface area is 265 Å². The number of para-hydroxylation sites is 1. The summed E-state index contributed by atoms with van der Waals surface area (Å²) in [6.07, 6.45) is 0. The first-order chi connectivity index (χ1) is 21.7. The number of nitrogens with zero attached hydrogens (tertiary/aromatic N) is 1. The normalized spacial score (nSPS) is 11.3. The third-order valence-corrected chi connectivity index (χ3v) is 9.16. The molecular formula is C42H28BrN. The van der Waals surface area contributed by atoms with E-state index in [1.807, 2.05) is 0 Å². The summed E-state index contributed by atoms with van der Waals surface area (Å²) in [4.78, 5) is 0. The van der Waals surface area contributed by atoms with Crippen molar-refractivity contribution >= 4 is 37.7 Å². The molecule has 0 N–H and O–H groups in total. The van der Waals surface area contributed by atoms with Crippen molar-refractivity contribution in [2.45, 2.75) is 0 Å². The highest BCUT2D eigenvalue weighted by Gasteiger charge is 2.17. The molecular weight excluding hydrogens is 598 g/mol. The summed E-state index contributed by atoms with van der Waals surface area (Å²) in [7, 11) is 0. The maximum Gasteiger partial charge on any atom is 0.0547 e. The summed E-state index contributed by atoms with van der Waals surface area (Å²) < 4.78 is 3.53. The van der Waals surface area contributed by atoms with Gasteiger partial charge in [0.2, 0.25) is 0 Å². The standard InChI is InChI=1S/C42H28BrN/c43-40-21-11-9-19-37(40)36-18-8-7-17-35(36)31-23-24-39-38-20-10-12-22-41(38)44(42(39)28-31)34-26-32(29-13-3-1-4-14-29)25-33(27-34)30-15-5-2-6-16-30/h1-28H. The average Bonchev–Trinajstić information content (AvgIpc) is 3.43. The molecule has 2 heteroatoms. The Morgan fingerprint density at radius 2 is 0.886 bits per heavy atom. The van der Waals surface area contributed by atoms with E-state index in [-0.39, 0.29) is 0 Å². The van der Waals surface area contributed by atoms with Gasteiger partial charge in [-0.1, -0.05) is 149 Å². The van der Waals surface area contributed by atoms with Crippen LogP contribution in [0.15, 0.2) is 174 Å². The van der Waals surface area contributed by atoms with Gasteiger partial charge in [0.25, 0.3) is 0 Å². The molecule has 8 aromatic rings. The summed E-state index contributed by atoms with van der Waals surface area (Å²) in [5.74, 6) is 0. The second-order valence-corrected chi connectivity index (χ2v) is 12.0. The van der Waals surface area contributed by atoms with Gasteiger partial charge in [-0.2, -0.15) is 0 Å². The first-order valence-corrected chi connectivity index (χ1v) is 15.7. The van der Waals surface area contributed by atoms with Crippen LogP contribution in [0.25, 0.3) is 72.0 Å². The SMILES string of the molecule is Brc1ccccc1-c1ccccc1-c1ccc2c3ccccc3n(-c3cc(-c4ccccc4)cc(-c4ccccc4)c3)c2c1. The molecule has 0 aliphatic carbocycles. The maximum atomic E-state index is 3.79. The lowest BCUT2D eigenvalue weighted by Crippen LogP contribution is -1.96. The van der Waals surface area contributed by atoms with Crippen LogP contribution in [0, 0.1) is 0 Å². The highest BCUT2D eigenvalue weighted by molar-refractivity contribution is 9.10. The lowest BCUT2D eigenvalue weighted by Gasteiger charge is -2.15. The number of hydrogen-bond donors (Lipinski definition) is 0. The fourth-order valence-electron chi connectivity index (χ4n) is 6.40. The molecule has 0 unspecified atom stereocenters. The lowest BCUT2D eigenvalue weighted by atomic mass is 9.94. The number of halogens is 1. The molecule has 0 saturated carbocycles. The molecule has 0 spiro atoms. The molecule has 0 amide bonds. The van der Waals surface area contributed by atoms with Gasteiger partial charge in [0, 0.05) is 20.9 Å². The minimum atomic E-state index is 1.09. The van der Waals surface area contributed by atoms with Crippen molar-refractivity contribution in [3.05, 3.63) is 174 Å². The first kappa shape index (κ1) is 26.4. The predicted molar refractivity (Wildman–Crippen MR) is 190 cm³/mol. The number of benzene rings is 7. The van der Waals surface area contributed by atoms with Crippen LogP contribution in [0.5, 0.6) is 0 Å². The Morgan fingerprint density at radius 3 is 1.57 bits per heavy atom. The van der Waals surface area contributed by atoms with Crippen LogP contribution in [0.1, 0.15) is 0 Å². The van der Waals surface area contributed by atoms with E-state index in [4.69, 9.17) is 0 Å². The third kappa shape index (κ3) is 4.65. The van der Waals surface area contributed by atoms with Crippen molar-refractivity contribution in [1.29, 1.82) is 0 Å². The molecule has 0 aliphatic rings. The Kier molecular flexibility index (Phi) is 6.70. The van der Waals surface area contributed by atoms with Crippen LogP contribution in [0.3, 0.4) is 0 Å². The maximum absolute atomic E-state index is 3.79. The molecule has 0 aliphatic heterocycles. The van der Waals surface area contributed by atoms with E-state index in [1.54, 1.807) is 0 Å². The van der Waals surface area contributed by atoms with Gasteiger partial charge in [0.15, 0.2) is 0 Å². The topological polar surface area (TPSA) is 4.93 Å². The fourth-order valence-corrected chi connectivity index (χ4v) is 6.90. The molecule has 1 aromatic heterocycles. The molecule has 208 valence electrons. The Hall–Kier alpha value is -5.18.